The third-order valence-electron chi connectivity index (χ3n) is 1.64. The number of thiophene rings is 1. The van der Waals surface area contributed by atoms with Crippen LogP contribution in [0.15, 0.2) is 28.1 Å². The summed E-state index contributed by atoms with van der Waals surface area (Å²) in [6.07, 6.45) is 2.77. The van der Waals surface area contributed by atoms with Crippen molar-refractivity contribution in [2.75, 3.05) is 7.05 Å². The van der Waals surface area contributed by atoms with E-state index in [9.17, 15) is 4.79 Å². The molecule has 0 amide bonds. The molecule has 3 nitrogen and oxygen atoms in total. The molecule has 0 radical (unpaired) electrons. The maximum absolute atomic E-state index is 10.3. The predicted octanol–water partition coefficient (Wildman–Crippen LogP) is 2.41. The Labute approximate surface area is 94.6 Å². The van der Waals surface area contributed by atoms with Gasteiger partial charge in [-0.05, 0) is 29.0 Å². The van der Waals surface area contributed by atoms with Crippen LogP contribution < -0.4 is 5.32 Å². The number of hydrogen-bond donors (Lipinski definition) is 2. The van der Waals surface area contributed by atoms with Gasteiger partial charge in [-0.2, -0.15) is 0 Å². The molecule has 1 atom stereocenters. The first-order valence-electron chi connectivity index (χ1n) is 3.96. The molecule has 1 rings (SSSR count). The number of rotatable bonds is 4. The molecule has 0 aliphatic heterocycles. The van der Waals surface area contributed by atoms with Crippen LogP contribution in [0.5, 0.6) is 0 Å². The molecule has 1 unspecified atom stereocenters. The highest BCUT2D eigenvalue weighted by Crippen LogP contribution is 2.26. The van der Waals surface area contributed by atoms with Crippen LogP contribution in [0.4, 0.5) is 0 Å². The maximum atomic E-state index is 10.3. The topological polar surface area (TPSA) is 49.3 Å². The fourth-order valence-electron chi connectivity index (χ4n) is 1.00. The van der Waals surface area contributed by atoms with E-state index in [-0.39, 0.29) is 6.04 Å². The Morgan fingerprint density at radius 2 is 2.50 bits per heavy atom. The van der Waals surface area contributed by atoms with Crippen LogP contribution in [-0.2, 0) is 4.79 Å². The van der Waals surface area contributed by atoms with E-state index in [2.05, 4.69) is 21.2 Å². The summed E-state index contributed by atoms with van der Waals surface area (Å²) in [7, 11) is 1.80. The number of nitrogens with one attached hydrogen (secondary N) is 1. The van der Waals surface area contributed by atoms with Crippen molar-refractivity contribution >= 4 is 33.2 Å². The number of carboxylic acids is 1. The maximum Gasteiger partial charge on any atom is 0.328 e. The number of aliphatic carboxylic acids is 1. The summed E-state index contributed by atoms with van der Waals surface area (Å²) < 4.78 is 1.02. The van der Waals surface area contributed by atoms with Crippen LogP contribution >= 0.6 is 27.3 Å². The standard InChI is InChI=1S/C9H10BrNO2S/c1-11-7(2-3-9(12)13)8-4-6(10)5-14-8/h2-5,7,11H,1H3,(H,12,13)/b3-2+. The van der Waals surface area contributed by atoms with Crippen LogP contribution in [-0.4, -0.2) is 18.1 Å². The smallest absolute Gasteiger partial charge is 0.328 e. The van der Waals surface area contributed by atoms with Crippen molar-refractivity contribution in [3.8, 4) is 0 Å². The molecule has 0 aliphatic carbocycles. The molecular formula is C9H10BrNO2S. The molecule has 0 aliphatic rings. The second kappa shape index (κ2) is 5.29. The SMILES string of the molecule is CNC(/C=C/C(=O)O)c1cc(Br)cs1. The molecular weight excluding hydrogens is 266 g/mol. The fourth-order valence-corrected chi connectivity index (χ4v) is 2.54. The Morgan fingerprint density at radius 1 is 1.79 bits per heavy atom. The first-order valence-corrected chi connectivity index (χ1v) is 5.63. The molecule has 1 aromatic heterocycles. The van der Waals surface area contributed by atoms with Gasteiger partial charge in [-0.15, -0.1) is 11.3 Å². The lowest BCUT2D eigenvalue weighted by Gasteiger charge is -2.07. The normalized spacial score (nSPS) is 13.3. The van der Waals surface area contributed by atoms with Crippen LogP contribution in [0.1, 0.15) is 10.9 Å². The molecule has 0 fully saturated rings. The van der Waals surface area contributed by atoms with E-state index in [0.29, 0.717) is 0 Å². The van der Waals surface area contributed by atoms with E-state index in [0.717, 1.165) is 15.4 Å². The highest BCUT2D eigenvalue weighted by Gasteiger charge is 2.07. The van der Waals surface area contributed by atoms with Crippen molar-refractivity contribution < 1.29 is 9.90 Å². The lowest BCUT2D eigenvalue weighted by Crippen LogP contribution is -2.12. The largest absolute Gasteiger partial charge is 0.478 e. The highest BCUT2D eigenvalue weighted by molar-refractivity contribution is 9.10. The van der Waals surface area contributed by atoms with Crippen molar-refractivity contribution in [1.29, 1.82) is 0 Å². The molecule has 5 heteroatoms. The van der Waals surface area contributed by atoms with Crippen LogP contribution in [0, 0.1) is 0 Å². The fraction of sp³-hybridized carbons (Fsp3) is 0.222. The highest BCUT2D eigenvalue weighted by atomic mass is 79.9. The van der Waals surface area contributed by atoms with Crippen molar-refractivity contribution in [1.82, 2.24) is 5.32 Å². The minimum absolute atomic E-state index is 0.0394. The second-order valence-electron chi connectivity index (χ2n) is 2.63. The number of halogens is 1. The van der Waals surface area contributed by atoms with Crippen molar-refractivity contribution in [2.45, 2.75) is 6.04 Å². The summed E-state index contributed by atoms with van der Waals surface area (Å²) >= 11 is 4.93. The van der Waals surface area contributed by atoms with Crippen molar-refractivity contribution in [2.24, 2.45) is 0 Å². The zero-order valence-electron chi connectivity index (χ0n) is 7.53. The summed E-state index contributed by atoms with van der Waals surface area (Å²) in [5.74, 6) is -0.930. The number of hydrogen-bond acceptors (Lipinski definition) is 3. The monoisotopic (exact) mass is 275 g/mol. The number of likely N-dealkylation sites (N-methyl/N-ethyl adjacent to an activating group) is 1. The van der Waals surface area contributed by atoms with Crippen LogP contribution in [0.3, 0.4) is 0 Å². The second-order valence-corrected chi connectivity index (χ2v) is 4.49. The molecule has 14 heavy (non-hydrogen) atoms. The Hall–Kier alpha value is -0.650. The van der Waals surface area contributed by atoms with Gasteiger partial charge in [0.1, 0.15) is 0 Å². The summed E-state index contributed by atoms with van der Waals surface area (Å²) in [6.45, 7) is 0. The number of carbonyl (C=O) groups is 1. The van der Waals surface area contributed by atoms with Gasteiger partial charge in [0.15, 0.2) is 0 Å². The minimum Gasteiger partial charge on any atom is -0.478 e. The summed E-state index contributed by atoms with van der Waals surface area (Å²) in [4.78, 5) is 11.4. The molecule has 2 N–H and O–H groups in total. The molecule has 0 saturated carbocycles. The molecule has 0 saturated heterocycles. The van der Waals surface area contributed by atoms with E-state index in [1.165, 1.54) is 0 Å². The van der Waals surface area contributed by atoms with Crippen molar-refractivity contribution in [3.05, 3.63) is 32.9 Å². The van der Waals surface area contributed by atoms with Gasteiger partial charge in [0.25, 0.3) is 0 Å². The zero-order valence-corrected chi connectivity index (χ0v) is 9.93. The quantitative estimate of drug-likeness (QED) is 0.830. The van der Waals surface area contributed by atoms with Gasteiger partial charge < -0.3 is 10.4 Å². The Morgan fingerprint density at radius 3 is 2.93 bits per heavy atom. The third-order valence-corrected chi connectivity index (χ3v) is 3.41. The van der Waals surface area contributed by atoms with E-state index in [4.69, 9.17) is 5.11 Å². The third kappa shape index (κ3) is 3.25. The molecule has 1 aromatic rings. The average molecular weight is 276 g/mol. The Balaban J connectivity index is 2.77. The lowest BCUT2D eigenvalue weighted by atomic mass is 10.2. The summed E-state index contributed by atoms with van der Waals surface area (Å²) in [6, 6.07) is 1.93. The van der Waals surface area contributed by atoms with Gasteiger partial charge in [0.05, 0.1) is 6.04 Å². The van der Waals surface area contributed by atoms with Crippen LogP contribution in [0.25, 0.3) is 0 Å². The van der Waals surface area contributed by atoms with Crippen molar-refractivity contribution in [3.63, 3.8) is 0 Å². The first kappa shape index (κ1) is 11.4. The molecule has 0 aromatic carbocycles. The minimum atomic E-state index is -0.930. The van der Waals surface area contributed by atoms with E-state index in [1.807, 2.05) is 11.4 Å². The van der Waals surface area contributed by atoms with Gasteiger partial charge in [0.2, 0.25) is 0 Å². The molecule has 76 valence electrons. The van der Waals surface area contributed by atoms with Gasteiger partial charge in [-0.25, -0.2) is 4.79 Å². The first-order chi connectivity index (χ1) is 6.63. The van der Waals surface area contributed by atoms with Gasteiger partial charge in [-0.1, -0.05) is 6.08 Å². The van der Waals surface area contributed by atoms with E-state index < -0.39 is 5.97 Å². The van der Waals surface area contributed by atoms with Gasteiger partial charge >= 0.3 is 5.97 Å². The Bertz CT molecular complexity index is 348. The van der Waals surface area contributed by atoms with E-state index >= 15 is 0 Å². The van der Waals surface area contributed by atoms with Gasteiger partial charge in [0, 0.05) is 20.8 Å². The predicted molar refractivity (Wildman–Crippen MR) is 60.6 cm³/mol. The summed E-state index contributed by atoms with van der Waals surface area (Å²) in [5.41, 5.74) is 0. The Kier molecular flexibility index (Phi) is 4.31. The number of carboxylic acid groups (broad SMARTS) is 1. The molecule has 0 bridgehead atoms. The van der Waals surface area contributed by atoms with Gasteiger partial charge in [-0.3, -0.25) is 0 Å². The average Bonchev–Trinajstić information content (AvgIpc) is 2.53. The molecule has 1 heterocycles. The zero-order chi connectivity index (χ0) is 10.6. The van der Waals surface area contributed by atoms with Crippen LogP contribution in [0.2, 0.25) is 0 Å². The lowest BCUT2D eigenvalue weighted by molar-refractivity contribution is -0.131. The van der Waals surface area contributed by atoms with E-state index in [1.54, 1.807) is 24.5 Å². The molecule has 0 spiro atoms. The summed E-state index contributed by atoms with van der Waals surface area (Å²) in [5, 5.41) is 13.5.